The maximum absolute atomic E-state index is 11.6. The van der Waals surface area contributed by atoms with Crippen LogP contribution in [0.4, 0.5) is 0 Å². The first kappa shape index (κ1) is 13.7. The van der Waals surface area contributed by atoms with Gasteiger partial charge in [0.2, 0.25) is 0 Å². The summed E-state index contributed by atoms with van der Waals surface area (Å²) in [5.74, 6) is -0.144. The summed E-state index contributed by atoms with van der Waals surface area (Å²) in [7, 11) is 0. The van der Waals surface area contributed by atoms with Gasteiger partial charge in [-0.25, -0.2) is 0 Å². The Morgan fingerprint density at radius 2 is 2.25 bits per heavy atom. The first-order valence-corrected chi connectivity index (χ1v) is 6.28. The third-order valence-corrected chi connectivity index (χ3v) is 3.35. The van der Waals surface area contributed by atoms with Crippen molar-refractivity contribution in [2.75, 3.05) is 13.2 Å². The summed E-state index contributed by atoms with van der Waals surface area (Å²) < 4.78 is 6.14. The van der Waals surface area contributed by atoms with Gasteiger partial charge >= 0.3 is 0 Å². The predicted octanol–water partition coefficient (Wildman–Crippen LogP) is 4.22. The van der Waals surface area contributed by atoms with Crippen LogP contribution in [-0.4, -0.2) is 19.0 Å². The van der Waals surface area contributed by atoms with Gasteiger partial charge in [0.05, 0.1) is 16.5 Å². The SMILES string of the molecule is C=C(C)CCOCC(=O)c1cc(Cl)sc1Cl. The van der Waals surface area contributed by atoms with Crippen LogP contribution in [0.1, 0.15) is 23.7 Å². The normalized spacial score (nSPS) is 10.4. The molecule has 0 N–H and O–H groups in total. The van der Waals surface area contributed by atoms with Gasteiger partial charge in [0.1, 0.15) is 10.9 Å². The van der Waals surface area contributed by atoms with E-state index in [4.69, 9.17) is 27.9 Å². The fourth-order valence-corrected chi connectivity index (χ4v) is 2.52. The van der Waals surface area contributed by atoms with Crippen LogP contribution in [0.3, 0.4) is 0 Å². The van der Waals surface area contributed by atoms with Crippen molar-refractivity contribution in [2.45, 2.75) is 13.3 Å². The summed E-state index contributed by atoms with van der Waals surface area (Å²) in [6, 6.07) is 1.57. The molecule has 1 rings (SSSR count). The highest BCUT2D eigenvalue weighted by Crippen LogP contribution is 2.31. The van der Waals surface area contributed by atoms with E-state index in [2.05, 4.69) is 6.58 Å². The molecule has 0 aliphatic rings. The molecule has 0 spiro atoms. The molecule has 1 heterocycles. The second kappa shape index (κ2) is 6.40. The third kappa shape index (κ3) is 4.26. The Bertz CT molecular complexity index is 399. The molecule has 1 aromatic heterocycles. The second-order valence-corrected chi connectivity index (χ2v) is 5.71. The molecule has 0 aliphatic heterocycles. The van der Waals surface area contributed by atoms with Gasteiger partial charge in [-0.05, 0) is 19.4 Å². The number of carbonyl (C=O) groups is 1. The summed E-state index contributed by atoms with van der Waals surface area (Å²) in [5, 5.41) is 0. The van der Waals surface area contributed by atoms with E-state index in [1.807, 2.05) is 6.92 Å². The van der Waals surface area contributed by atoms with E-state index in [1.165, 1.54) is 11.3 Å². The van der Waals surface area contributed by atoms with Gasteiger partial charge in [-0.15, -0.1) is 17.9 Å². The molecule has 0 saturated heterocycles. The minimum absolute atomic E-state index is 0.0278. The average Bonchev–Trinajstić information content (AvgIpc) is 2.52. The predicted molar refractivity (Wildman–Crippen MR) is 68.9 cm³/mol. The number of halogens is 2. The largest absolute Gasteiger partial charge is 0.373 e. The van der Waals surface area contributed by atoms with E-state index < -0.39 is 0 Å². The second-order valence-electron chi connectivity index (χ2n) is 3.42. The van der Waals surface area contributed by atoms with Crippen LogP contribution in [0, 0.1) is 0 Å². The van der Waals surface area contributed by atoms with Crippen molar-refractivity contribution >= 4 is 40.3 Å². The quantitative estimate of drug-likeness (QED) is 0.442. The zero-order valence-corrected chi connectivity index (χ0v) is 11.2. The topological polar surface area (TPSA) is 26.3 Å². The first-order valence-electron chi connectivity index (χ1n) is 4.71. The third-order valence-electron chi connectivity index (χ3n) is 1.86. The highest BCUT2D eigenvalue weighted by atomic mass is 35.5. The van der Waals surface area contributed by atoms with Crippen molar-refractivity contribution in [3.63, 3.8) is 0 Å². The number of ether oxygens (including phenoxy) is 1. The van der Waals surface area contributed by atoms with Gasteiger partial charge in [-0.1, -0.05) is 28.8 Å². The molecule has 0 atom stereocenters. The average molecular weight is 279 g/mol. The number of thiophene rings is 1. The highest BCUT2D eigenvalue weighted by molar-refractivity contribution is 7.20. The Morgan fingerprint density at radius 3 is 2.75 bits per heavy atom. The maximum Gasteiger partial charge on any atom is 0.190 e. The minimum atomic E-state index is -0.144. The molecule has 5 heteroatoms. The lowest BCUT2D eigenvalue weighted by molar-refractivity contribution is 0.0766. The lowest BCUT2D eigenvalue weighted by Crippen LogP contribution is -2.09. The number of rotatable bonds is 6. The van der Waals surface area contributed by atoms with Crippen LogP contribution < -0.4 is 0 Å². The maximum atomic E-state index is 11.6. The van der Waals surface area contributed by atoms with Crippen molar-refractivity contribution in [1.29, 1.82) is 0 Å². The van der Waals surface area contributed by atoms with Crippen molar-refractivity contribution < 1.29 is 9.53 Å². The number of carbonyl (C=O) groups excluding carboxylic acids is 1. The molecule has 0 unspecified atom stereocenters. The standard InChI is InChI=1S/C11H12Cl2O2S/c1-7(2)3-4-15-6-9(14)8-5-10(12)16-11(8)13/h5H,1,3-4,6H2,2H3. The zero-order chi connectivity index (χ0) is 12.1. The lowest BCUT2D eigenvalue weighted by atomic mass is 10.2. The number of hydrogen-bond donors (Lipinski definition) is 0. The molecular formula is C11H12Cl2O2S. The molecule has 2 nitrogen and oxygen atoms in total. The first-order chi connectivity index (χ1) is 7.50. The Balaban J connectivity index is 2.41. The molecule has 1 aromatic rings. The Labute approximate surface area is 109 Å². The lowest BCUT2D eigenvalue weighted by Gasteiger charge is -2.02. The molecular weight excluding hydrogens is 267 g/mol. The molecule has 0 radical (unpaired) electrons. The monoisotopic (exact) mass is 278 g/mol. The number of Topliss-reactive ketones (excluding diaryl/α,β-unsaturated/α-hetero) is 1. The summed E-state index contributed by atoms with van der Waals surface area (Å²) in [5.41, 5.74) is 1.47. The van der Waals surface area contributed by atoms with Crippen LogP contribution in [0.2, 0.25) is 8.67 Å². The zero-order valence-electron chi connectivity index (χ0n) is 8.89. The van der Waals surface area contributed by atoms with Gasteiger partial charge in [0.25, 0.3) is 0 Å². The highest BCUT2D eigenvalue weighted by Gasteiger charge is 2.13. The molecule has 0 saturated carbocycles. The van der Waals surface area contributed by atoms with E-state index in [-0.39, 0.29) is 12.4 Å². The van der Waals surface area contributed by atoms with E-state index in [1.54, 1.807) is 6.07 Å². The van der Waals surface area contributed by atoms with Gasteiger partial charge in [0, 0.05) is 0 Å². The Hall–Kier alpha value is -0.350. The van der Waals surface area contributed by atoms with Crippen LogP contribution in [0.15, 0.2) is 18.2 Å². The number of ketones is 1. The van der Waals surface area contributed by atoms with Gasteiger partial charge < -0.3 is 4.74 Å². The number of hydrogen-bond acceptors (Lipinski definition) is 3. The van der Waals surface area contributed by atoms with Crippen LogP contribution in [-0.2, 0) is 4.74 Å². The molecule has 0 bridgehead atoms. The summed E-state index contributed by atoms with van der Waals surface area (Å²) >= 11 is 12.8. The molecule has 88 valence electrons. The van der Waals surface area contributed by atoms with Crippen molar-refractivity contribution in [1.82, 2.24) is 0 Å². The van der Waals surface area contributed by atoms with Crippen LogP contribution >= 0.6 is 34.5 Å². The van der Waals surface area contributed by atoms with Crippen molar-refractivity contribution in [2.24, 2.45) is 0 Å². The van der Waals surface area contributed by atoms with Gasteiger partial charge in [-0.2, -0.15) is 0 Å². The smallest absolute Gasteiger partial charge is 0.190 e. The fraction of sp³-hybridized carbons (Fsp3) is 0.364. The Morgan fingerprint density at radius 1 is 1.56 bits per heavy atom. The fourth-order valence-electron chi connectivity index (χ4n) is 1.02. The van der Waals surface area contributed by atoms with E-state index >= 15 is 0 Å². The molecule has 0 aromatic carbocycles. The van der Waals surface area contributed by atoms with Crippen LogP contribution in [0.5, 0.6) is 0 Å². The van der Waals surface area contributed by atoms with Crippen molar-refractivity contribution in [3.05, 3.63) is 32.5 Å². The van der Waals surface area contributed by atoms with Gasteiger partial charge in [0.15, 0.2) is 5.78 Å². The van der Waals surface area contributed by atoms with E-state index in [0.717, 1.165) is 12.0 Å². The Kier molecular flexibility index (Phi) is 5.49. The molecule has 0 aliphatic carbocycles. The molecule has 0 fully saturated rings. The summed E-state index contributed by atoms with van der Waals surface area (Å²) in [4.78, 5) is 11.6. The van der Waals surface area contributed by atoms with Crippen molar-refractivity contribution in [3.8, 4) is 0 Å². The summed E-state index contributed by atoms with van der Waals surface area (Å²) in [6.45, 7) is 6.19. The van der Waals surface area contributed by atoms with E-state index in [9.17, 15) is 4.79 Å². The summed E-state index contributed by atoms with van der Waals surface area (Å²) in [6.07, 6.45) is 0.755. The minimum Gasteiger partial charge on any atom is -0.373 e. The van der Waals surface area contributed by atoms with E-state index in [0.29, 0.717) is 20.8 Å². The van der Waals surface area contributed by atoms with Crippen LogP contribution in [0.25, 0.3) is 0 Å². The van der Waals surface area contributed by atoms with Gasteiger partial charge in [-0.3, -0.25) is 4.79 Å². The molecule has 16 heavy (non-hydrogen) atoms. The molecule has 0 amide bonds.